The van der Waals surface area contributed by atoms with Gasteiger partial charge in [-0.15, -0.1) is 0 Å². The number of morpholine rings is 1. The molecule has 6 heteroatoms. The highest BCUT2D eigenvalue weighted by atomic mass is 16.5. The first-order chi connectivity index (χ1) is 9.74. The fourth-order valence-corrected chi connectivity index (χ4v) is 2.41. The van der Waals surface area contributed by atoms with Crippen molar-refractivity contribution in [2.45, 2.75) is 0 Å². The Labute approximate surface area is 117 Å². The molecule has 0 unspecified atom stereocenters. The standard InChI is InChI=1S/C14H18N4O2/c1-17-10-12(11-4-2-3-5-13(11)17)15-14(19)16-18-6-8-20-9-7-18/h2-5,10H,6-9H2,1H3,(H2,15,16,19). The second-order valence-electron chi connectivity index (χ2n) is 4.84. The van der Waals surface area contributed by atoms with E-state index in [-0.39, 0.29) is 6.03 Å². The van der Waals surface area contributed by atoms with Crippen LogP contribution in [0.3, 0.4) is 0 Å². The molecule has 106 valence electrons. The summed E-state index contributed by atoms with van der Waals surface area (Å²) >= 11 is 0. The molecule has 1 aliphatic heterocycles. The number of rotatable bonds is 2. The van der Waals surface area contributed by atoms with Crippen LogP contribution in [-0.2, 0) is 11.8 Å². The predicted octanol–water partition coefficient (Wildman–Crippen LogP) is 1.55. The Bertz CT molecular complexity index is 617. The Hall–Kier alpha value is -2.05. The van der Waals surface area contributed by atoms with Gasteiger partial charge in [0.05, 0.1) is 18.9 Å². The molecule has 0 atom stereocenters. The van der Waals surface area contributed by atoms with Gasteiger partial charge in [0.25, 0.3) is 0 Å². The van der Waals surface area contributed by atoms with Gasteiger partial charge in [-0.25, -0.2) is 9.80 Å². The zero-order valence-electron chi connectivity index (χ0n) is 11.4. The van der Waals surface area contributed by atoms with Gasteiger partial charge in [-0.05, 0) is 6.07 Å². The first-order valence-electron chi connectivity index (χ1n) is 6.68. The SMILES string of the molecule is Cn1cc(NC(=O)NN2CCOCC2)c2ccccc21. The van der Waals surface area contributed by atoms with Gasteiger partial charge in [-0.2, -0.15) is 0 Å². The topological polar surface area (TPSA) is 58.5 Å². The fraction of sp³-hybridized carbons (Fsp3) is 0.357. The monoisotopic (exact) mass is 274 g/mol. The second kappa shape index (κ2) is 5.52. The average Bonchev–Trinajstić information content (AvgIpc) is 2.77. The molecule has 3 rings (SSSR count). The third-order valence-corrected chi connectivity index (χ3v) is 3.42. The van der Waals surface area contributed by atoms with E-state index < -0.39 is 0 Å². The highest BCUT2D eigenvalue weighted by molar-refractivity contribution is 6.01. The van der Waals surface area contributed by atoms with Crippen LogP contribution in [0.2, 0.25) is 0 Å². The summed E-state index contributed by atoms with van der Waals surface area (Å²) in [5.41, 5.74) is 4.74. The van der Waals surface area contributed by atoms with Gasteiger partial charge >= 0.3 is 6.03 Å². The lowest BCUT2D eigenvalue weighted by Crippen LogP contribution is -2.49. The summed E-state index contributed by atoms with van der Waals surface area (Å²) in [5.74, 6) is 0. The molecule has 6 nitrogen and oxygen atoms in total. The predicted molar refractivity (Wildman–Crippen MR) is 77.5 cm³/mol. The quantitative estimate of drug-likeness (QED) is 0.873. The summed E-state index contributed by atoms with van der Waals surface area (Å²) in [5, 5.41) is 5.80. The summed E-state index contributed by atoms with van der Waals surface area (Å²) in [7, 11) is 1.97. The molecule has 1 saturated heterocycles. The van der Waals surface area contributed by atoms with Gasteiger partial charge in [0.15, 0.2) is 0 Å². The number of para-hydroxylation sites is 1. The van der Waals surface area contributed by atoms with Gasteiger partial charge in [0, 0.05) is 37.2 Å². The van der Waals surface area contributed by atoms with Gasteiger partial charge in [-0.1, -0.05) is 18.2 Å². The lowest BCUT2D eigenvalue weighted by Gasteiger charge is -2.26. The van der Waals surface area contributed by atoms with Crippen molar-refractivity contribution in [1.82, 2.24) is 15.0 Å². The van der Waals surface area contributed by atoms with Crippen molar-refractivity contribution in [3.8, 4) is 0 Å². The molecule has 1 fully saturated rings. The van der Waals surface area contributed by atoms with Crippen LogP contribution in [-0.4, -0.2) is 41.9 Å². The van der Waals surface area contributed by atoms with Crippen molar-refractivity contribution in [2.75, 3.05) is 31.6 Å². The number of hydrogen-bond donors (Lipinski definition) is 2. The molecular formula is C14H18N4O2. The number of carbonyl (C=O) groups excluding carboxylic acids is 1. The zero-order valence-corrected chi connectivity index (χ0v) is 11.4. The molecule has 0 spiro atoms. The van der Waals surface area contributed by atoms with Gasteiger partial charge in [-0.3, -0.25) is 5.43 Å². The maximum absolute atomic E-state index is 12.0. The zero-order chi connectivity index (χ0) is 13.9. The average molecular weight is 274 g/mol. The molecule has 20 heavy (non-hydrogen) atoms. The number of urea groups is 1. The van der Waals surface area contributed by atoms with Crippen molar-refractivity contribution < 1.29 is 9.53 Å². The minimum absolute atomic E-state index is 0.219. The Kier molecular flexibility index (Phi) is 3.58. The molecule has 1 aromatic heterocycles. The van der Waals surface area contributed by atoms with E-state index in [0.29, 0.717) is 26.3 Å². The van der Waals surface area contributed by atoms with E-state index in [1.807, 2.05) is 47.1 Å². The summed E-state index contributed by atoms with van der Waals surface area (Å²) in [4.78, 5) is 12.0. The number of amides is 2. The number of aryl methyl sites for hydroxylation is 1. The van der Waals surface area contributed by atoms with Crippen LogP contribution in [0.4, 0.5) is 10.5 Å². The van der Waals surface area contributed by atoms with E-state index in [4.69, 9.17) is 4.74 Å². The summed E-state index contributed by atoms with van der Waals surface area (Å²) in [6.07, 6.45) is 1.92. The van der Waals surface area contributed by atoms with Crippen molar-refractivity contribution in [2.24, 2.45) is 7.05 Å². The number of carbonyl (C=O) groups is 1. The number of anilines is 1. The smallest absolute Gasteiger partial charge is 0.333 e. The van der Waals surface area contributed by atoms with Crippen LogP contribution in [0.1, 0.15) is 0 Å². The summed E-state index contributed by atoms with van der Waals surface area (Å²) in [6.45, 7) is 2.72. The lowest BCUT2D eigenvalue weighted by molar-refractivity contribution is 0.0207. The van der Waals surface area contributed by atoms with Crippen LogP contribution in [0, 0.1) is 0 Å². The lowest BCUT2D eigenvalue weighted by atomic mass is 10.2. The van der Waals surface area contributed by atoms with Crippen molar-refractivity contribution in [3.63, 3.8) is 0 Å². The number of hydrazine groups is 1. The molecule has 0 aliphatic carbocycles. The fourth-order valence-electron chi connectivity index (χ4n) is 2.41. The molecule has 1 aliphatic rings. The summed E-state index contributed by atoms with van der Waals surface area (Å²) < 4.78 is 7.24. The Morgan fingerprint density at radius 1 is 1.25 bits per heavy atom. The maximum atomic E-state index is 12.0. The number of fused-ring (bicyclic) bond motifs is 1. The van der Waals surface area contributed by atoms with Crippen molar-refractivity contribution in [3.05, 3.63) is 30.5 Å². The maximum Gasteiger partial charge on any atom is 0.333 e. The molecule has 2 N–H and O–H groups in total. The number of nitrogens with one attached hydrogen (secondary N) is 2. The number of aromatic nitrogens is 1. The van der Waals surface area contributed by atoms with Crippen molar-refractivity contribution >= 4 is 22.6 Å². The molecule has 1 aromatic carbocycles. The summed E-state index contributed by atoms with van der Waals surface area (Å²) in [6, 6.07) is 7.76. The largest absolute Gasteiger partial charge is 0.379 e. The first kappa shape index (κ1) is 13.0. The van der Waals surface area contributed by atoms with E-state index in [9.17, 15) is 4.79 Å². The minimum atomic E-state index is -0.219. The number of hydrogen-bond acceptors (Lipinski definition) is 3. The van der Waals surface area contributed by atoms with E-state index in [1.54, 1.807) is 0 Å². The van der Waals surface area contributed by atoms with E-state index in [2.05, 4.69) is 10.7 Å². The van der Waals surface area contributed by atoms with E-state index in [1.165, 1.54) is 0 Å². The molecule has 2 aromatic rings. The first-order valence-corrected chi connectivity index (χ1v) is 6.68. The number of benzene rings is 1. The van der Waals surface area contributed by atoms with Gasteiger partial charge in [0.2, 0.25) is 0 Å². The van der Waals surface area contributed by atoms with Crippen LogP contribution in [0.25, 0.3) is 10.9 Å². The second-order valence-corrected chi connectivity index (χ2v) is 4.84. The third-order valence-electron chi connectivity index (χ3n) is 3.42. The molecule has 2 heterocycles. The van der Waals surface area contributed by atoms with E-state index in [0.717, 1.165) is 16.6 Å². The van der Waals surface area contributed by atoms with Crippen LogP contribution < -0.4 is 10.7 Å². The molecule has 0 saturated carbocycles. The highest BCUT2D eigenvalue weighted by Gasteiger charge is 2.14. The normalized spacial score (nSPS) is 16.2. The highest BCUT2D eigenvalue weighted by Crippen LogP contribution is 2.24. The van der Waals surface area contributed by atoms with Gasteiger partial charge in [0.1, 0.15) is 0 Å². The molecule has 2 amide bonds. The Morgan fingerprint density at radius 2 is 2.00 bits per heavy atom. The Balaban J connectivity index is 1.71. The third kappa shape index (κ3) is 2.61. The van der Waals surface area contributed by atoms with Crippen LogP contribution in [0.15, 0.2) is 30.5 Å². The van der Waals surface area contributed by atoms with Gasteiger partial charge < -0.3 is 14.6 Å². The van der Waals surface area contributed by atoms with Crippen LogP contribution in [0.5, 0.6) is 0 Å². The molecular weight excluding hydrogens is 256 g/mol. The Morgan fingerprint density at radius 3 is 2.80 bits per heavy atom. The number of ether oxygens (including phenoxy) is 1. The number of nitrogens with zero attached hydrogens (tertiary/aromatic N) is 2. The van der Waals surface area contributed by atoms with Crippen LogP contribution >= 0.6 is 0 Å². The molecule has 0 bridgehead atoms. The molecule has 0 radical (unpaired) electrons. The van der Waals surface area contributed by atoms with E-state index >= 15 is 0 Å². The minimum Gasteiger partial charge on any atom is -0.379 e. The van der Waals surface area contributed by atoms with Crippen molar-refractivity contribution in [1.29, 1.82) is 0 Å².